The lowest BCUT2D eigenvalue weighted by Gasteiger charge is -2.60. The van der Waals surface area contributed by atoms with Gasteiger partial charge in [-0.1, -0.05) is 37.3 Å². The molecule has 2 aromatic rings. The first kappa shape index (κ1) is 19.1. The number of anilines is 1. The Hall–Kier alpha value is -2.89. The summed E-state index contributed by atoms with van der Waals surface area (Å²) >= 11 is 0. The van der Waals surface area contributed by atoms with Crippen molar-refractivity contribution in [3.05, 3.63) is 65.5 Å². The minimum atomic E-state index is -0.513. The number of carbonyl (C=O) groups excluding carboxylic acids is 2. The fraction of sp³-hybridized carbons (Fsp3) is 0.417. The number of para-hydroxylation sites is 1. The van der Waals surface area contributed by atoms with Crippen LogP contribution in [0.4, 0.5) is 10.1 Å². The van der Waals surface area contributed by atoms with Gasteiger partial charge in [0, 0.05) is 29.6 Å². The summed E-state index contributed by atoms with van der Waals surface area (Å²) in [5.41, 5.74) is 1.26. The van der Waals surface area contributed by atoms with Crippen molar-refractivity contribution in [2.75, 3.05) is 5.32 Å². The molecule has 1 aliphatic heterocycles. The molecule has 30 heavy (non-hydrogen) atoms. The first-order valence-corrected chi connectivity index (χ1v) is 10.6. The van der Waals surface area contributed by atoms with Crippen molar-refractivity contribution >= 4 is 17.5 Å². The Kier molecular flexibility index (Phi) is 4.34. The highest BCUT2D eigenvalue weighted by Crippen LogP contribution is 2.58. The lowest BCUT2D eigenvalue weighted by molar-refractivity contribution is -0.139. The van der Waals surface area contributed by atoms with E-state index in [1.54, 1.807) is 18.2 Å². The second kappa shape index (κ2) is 6.83. The first-order chi connectivity index (χ1) is 14.4. The number of carbonyl (C=O) groups is 2. The molecule has 156 valence electrons. The van der Waals surface area contributed by atoms with Gasteiger partial charge in [0.1, 0.15) is 11.5 Å². The molecule has 2 aromatic carbocycles. The fourth-order valence-electron chi connectivity index (χ4n) is 5.80. The molecule has 0 aromatic heterocycles. The van der Waals surface area contributed by atoms with E-state index in [-0.39, 0.29) is 41.4 Å². The zero-order chi connectivity index (χ0) is 20.9. The van der Waals surface area contributed by atoms with E-state index in [2.05, 4.69) is 22.9 Å². The van der Waals surface area contributed by atoms with E-state index in [9.17, 15) is 14.0 Å². The molecule has 4 aliphatic rings. The van der Waals surface area contributed by atoms with Crippen LogP contribution in [-0.4, -0.2) is 17.5 Å². The average Bonchev–Trinajstić information content (AvgIpc) is 2.72. The van der Waals surface area contributed by atoms with Crippen molar-refractivity contribution < 1.29 is 14.0 Å². The normalized spacial score (nSPS) is 31.6. The van der Waals surface area contributed by atoms with Gasteiger partial charge >= 0.3 is 0 Å². The number of rotatable bonds is 3. The minimum Gasteiger partial charge on any atom is -0.362 e. The first-order valence-electron chi connectivity index (χ1n) is 10.6. The smallest absolute Gasteiger partial charge is 0.255 e. The zero-order valence-corrected chi connectivity index (χ0v) is 17.0. The Balaban J connectivity index is 1.35. The molecule has 2 bridgehead atoms. The van der Waals surface area contributed by atoms with Crippen LogP contribution in [0.5, 0.6) is 0 Å². The number of hydrogen-bond acceptors (Lipinski definition) is 3. The number of fused-ring (bicyclic) bond motifs is 3. The molecular formula is C24H26FN3O2. The Morgan fingerprint density at radius 2 is 1.93 bits per heavy atom. The standard InChI is InChI=1S/C24H26FN3O2/c1-23-11-10-16(12-18(23)22(30)26-13-15-6-2-4-8-19(15)25)24(14-23)27-20-9-5-3-7-17(20)21(29)28-24/h2-9,16,18,27H,10-14H2,1H3,(H,26,30)(H,28,29)/t16-,18-,23-,24+/m0/s1. The number of nitrogens with one attached hydrogen (secondary N) is 3. The van der Waals surface area contributed by atoms with Gasteiger partial charge in [0.05, 0.1) is 5.56 Å². The van der Waals surface area contributed by atoms with E-state index in [0.29, 0.717) is 24.0 Å². The molecule has 3 saturated carbocycles. The summed E-state index contributed by atoms with van der Waals surface area (Å²) in [6.07, 6.45) is 3.30. The van der Waals surface area contributed by atoms with Gasteiger partial charge in [0.2, 0.25) is 5.91 Å². The summed E-state index contributed by atoms with van der Waals surface area (Å²) in [4.78, 5) is 25.9. The molecule has 0 saturated heterocycles. The molecule has 3 aliphatic carbocycles. The highest BCUT2D eigenvalue weighted by Gasteiger charge is 2.60. The molecule has 3 N–H and O–H groups in total. The van der Waals surface area contributed by atoms with Crippen LogP contribution >= 0.6 is 0 Å². The van der Waals surface area contributed by atoms with Crippen LogP contribution in [0.3, 0.4) is 0 Å². The summed E-state index contributed by atoms with van der Waals surface area (Å²) in [6, 6.07) is 14.1. The highest BCUT2D eigenvalue weighted by molar-refractivity contribution is 6.02. The second-order valence-electron chi connectivity index (χ2n) is 9.26. The number of benzene rings is 2. The van der Waals surface area contributed by atoms with Crippen molar-refractivity contribution in [3.8, 4) is 0 Å². The number of halogens is 1. The van der Waals surface area contributed by atoms with E-state index in [1.165, 1.54) is 6.07 Å². The maximum atomic E-state index is 13.9. The molecule has 0 unspecified atom stereocenters. The third-order valence-electron chi connectivity index (χ3n) is 7.40. The lowest BCUT2D eigenvalue weighted by Crippen LogP contribution is -2.70. The van der Waals surface area contributed by atoms with Gasteiger partial charge in [-0.2, -0.15) is 0 Å². The zero-order valence-electron chi connectivity index (χ0n) is 17.0. The Labute approximate surface area is 175 Å². The summed E-state index contributed by atoms with van der Waals surface area (Å²) in [7, 11) is 0. The molecular weight excluding hydrogens is 381 g/mol. The van der Waals surface area contributed by atoms with Crippen LogP contribution in [0.2, 0.25) is 0 Å². The molecule has 1 heterocycles. The van der Waals surface area contributed by atoms with Crippen LogP contribution in [-0.2, 0) is 11.3 Å². The molecule has 1 spiro atoms. The van der Waals surface area contributed by atoms with E-state index in [4.69, 9.17) is 0 Å². The molecule has 2 amide bonds. The van der Waals surface area contributed by atoms with E-state index < -0.39 is 5.66 Å². The predicted octanol–water partition coefficient (Wildman–Crippen LogP) is 3.82. The van der Waals surface area contributed by atoms with Crippen LogP contribution in [0.15, 0.2) is 48.5 Å². The quantitative estimate of drug-likeness (QED) is 0.724. The average molecular weight is 407 g/mol. The maximum Gasteiger partial charge on any atom is 0.255 e. The third-order valence-corrected chi connectivity index (χ3v) is 7.40. The van der Waals surface area contributed by atoms with Crippen molar-refractivity contribution in [2.24, 2.45) is 17.3 Å². The lowest BCUT2D eigenvalue weighted by atomic mass is 9.51. The van der Waals surface area contributed by atoms with Crippen molar-refractivity contribution in [1.82, 2.24) is 10.6 Å². The molecule has 3 fully saturated rings. The Bertz CT molecular complexity index is 1030. The maximum absolute atomic E-state index is 13.9. The van der Waals surface area contributed by atoms with Gasteiger partial charge < -0.3 is 16.0 Å². The van der Waals surface area contributed by atoms with Gasteiger partial charge in [-0.05, 0) is 49.3 Å². The molecule has 4 atom stereocenters. The topological polar surface area (TPSA) is 70.2 Å². The summed E-state index contributed by atoms with van der Waals surface area (Å²) < 4.78 is 13.9. The largest absolute Gasteiger partial charge is 0.362 e. The van der Waals surface area contributed by atoms with E-state index in [0.717, 1.165) is 18.5 Å². The van der Waals surface area contributed by atoms with Gasteiger partial charge in [-0.15, -0.1) is 0 Å². The molecule has 6 rings (SSSR count). The third kappa shape index (κ3) is 2.97. The summed E-state index contributed by atoms with van der Waals surface area (Å²) in [5, 5.41) is 9.80. The summed E-state index contributed by atoms with van der Waals surface area (Å²) in [5.74, 6) is -0.366. The molecule has 6 heteroatoms. The van der Waals surface area contributed by atoms with Crippen molar-refractivity contribution in [3.63, 3.8) is 0 Å². The number of hydrogen-bond donors (Lipinski definition) is 3. The minimum absolute atomic E-state index is 0.0251. The monoisotopic (exact) mass is 407 g/mol. The Morgan fingerprint density at radius 1 is 1.17 bits per heavy atom. The van der Waals surface area contributed by atoms with Crippen molar-refractivity contribution in [2.45, 2.75) is 44.8 Å². The van der Waals surface area contributed by atoms with Gasteiger partial charge in [-0.25, -0.2) is 4.39 Å². The van der Waals surface area contributed by atoms with Gasteiger partial charge in [-0.3, -0.25) is 9.59 Å². The van der Waals surface area contributed by atoms with Crippen LogP contribution in [0.1, 0.15) is 48.5 Å². The second-order valence-corrected chi connectivity index (χ2v) is 9.26. The van der Waals surface area contributed by atoms with E-state index >= 15 is 0 Å². The SMILES string of the molecule is C[C@@]12CC[C@@H](C[C@H]1C(=O)NCc1ccccc1F)[C@@]1(C2)NC(=O)c2ccccc2N1. The number of amides is 2. The van der Waals surface area contributed by atoms with Crippen LogP contribution in [0.25, 0.3) is 0 Å². The highest BCUT2D eigenvalue weighted by atomic mass is 19.1. The Morgan fingerprint density at radius 3 is 2.73 bits per heavy atom. The van der Waals surface area contributed by atoms with Gasteiger partial charge in [0.15, 0.2) is 0 Å². The molecule has 5 nitrogen and oxygen atoms in total. The van der Waals surface area contributed by atoms with Gasteiger partial charge in [0.25, 0.3) is 5.91 Å². The van der Waals surface area contributed by atoms with E-state index in [1.807, 2.05) is 24.3 Å². The summed E-state index contributed by atoms with van der Waals surface area (Å²) in [6.45, 7) is 2.34. The predicted molar refractivity (Wildman–Crippen MR) is 112 cm³/mol. The van der Waals surface area contributed by atoms with Crippen LogP contribution in [0, 0.1) is 23.1 Å². The molecule has 0 radical (unpaired) electrons. The van der Waals surface area contributed by atoms with Crippen LogP contribution < -0.4 is 16.0 Å². The fourth-order valence-corrected chi connectivity index (χ4v) is 5.80. The van der Waals surface area contributed by atoms with Crippen molar-refractivity contribution in [1.29, 1.82) is 0 Å².